The largest absolute Gasteiger partial charge is 0.358 e. The summed E-state index contributed by atoms with van der Waals surface area (Å²) in [6.45, 7) is 8.70. The van der Waals surface area contributed by atoms with Crippen LogP contribution in [0.2, 0.25) is 0 Å². The molecule has 90 valence electrons. The minimum Gasteiger partial charge on any atom is -0.358 e. The summed E-state index contributed by atoms with van der Waals surface area (Å²) in [5.41, 5.74) is 4.42. The Balaban J connectivity index is 2.75. The van der Waals surface area contributed by atoms with Crippen molar-refractivity contribution in [1.29, 1.82) is 0 Å². The summed E-state index contributed by atoms with van der Waals surface area (Å²) in [6, 6.07) is 6.25. The molecule has 0 saturated carbocycles. The van der Waals surface area contributed by atoms with Crippen molar-refractivity contribution in [1.82, 2.24) is 4.98 Å². The molecule has 2 rings (SSSR count). The molecule has 1 N–H and O–H groups in total. The molecule has 1 aromatic heterocycles. The first-order valence-electron chi connectivity index (χ1n) is 5.84. The van der Waals surface area contributed by atoms with Gasteiger partial charge < -0.3 is 4.98 Å². The van der Waals surface area contributed by atoms with Gasteiger partial charge in [0.05, 0.1) is 0 Å². The Kier molecular flexibility index (Phi) is 2.77. The molecule has 0 saturated heterocycles. The fourth-order valence-corrected chi connectivity index (χ4v) is 2.23. The zero-order chi connectivity index (χ0) is 12.6. The van der Waals surface area contributed by atoms with Gasteiger partial charge in [0, 0.05) is 27.6 Å². The summed E-state index contributed by atoms with van der Waals surface area (Å²) >= 11 is 0. The lowest BCUT2D eigenvalue weighted by atomic mass is 9.89. The van der Waals surface area contributed by atoms with Gasteiger partial charge in [-0.25, -0.2) is 0 Å². The maximum Gasteiger partial charge on any atom is 0.108 e. The van der Waals surface area contributed by atoms with Crippen molar-refractivity contribution in [2.75, 3.05) is 0 Å². The van der Waals surface area contributed by atoms with E-state index in [9.17, 15) is 4.91 Å². The highest BCUT2D eigenvalue weighted by molar-refractivity contribution is 5.85. The molecule has 0 amide bonds. The number of aromatic amines is 1. The summed E-state index contributed by atoms with van der Waals surface area (Å²) in [5, 5.41) is 4.18. The lowest BCUT2D eigenvalue weighted by Gasteiger charge is -2.18. The third-order valence-electron chi connectivity index (χ3n) is 3.03. The second-order valence-corrected chi connectivity index (χ2v) is 5.56. The summed E-state index contributed by atoms with van der Waals surface area (Å²) in [7, 11) is 0. The molecule has 1 heterocycles. The van der Waals surface area contributed by atoms with Crippen LogP contribution in [-0.2, 0) is 12.0 Å². The third kappa shape index (κ3) is 2.09. The van der Waals surface area contributed by atoms with Crippen LogP contribution in [0.3, 0.4) is 0 Å². The van der Waals surface area contributed by atoms with Gasteiger partial charge in [0.2, 0.25) is 0 Å². The molecule has 0 spiro atoms. The molecule has 3 heteroatoms. The number of hydrogen-bond acceptors (Lipinski definition) is 2. The van der Waals surface area contributed by atoms with E-state index in [1.54, 1.807) is 0 Å². The third-order valence-corrected chi connectivity index (χ3v) is 3.03. The van der Waals surface area contributed by atoms with Crippen molar-refractivity contribution in [2.24, 2.45) is 5.18 Å². The van der Waals surface area contributed by atoms with Crippen LogP contribution < -0.4 is 0 Å². The van der Waals surface area contributed by atoms with Crippen molar-refractivity contribution in [3.63, 3.8) is 0 Å². The van der Waals surface area contributed by atoms with E-state index in [2.05, 4.69) is 56.1 Å². The molecule has 1 aromatic carbocycles. The van der Waals surface area contributed by atoms with Gasteiger partial charge in [0.15, 0.2) is 0 Å². The van der Waals surface area contributed by atoms with E-state index in [1.165, 1.54) is 5.56 Å². The number of H-pyrrole nitrogens is 1. The predicted octanol–water partition coefficient (Wildman–Crippen LogP) is 4.04. The first-order valence-corrected chi connectivity index (χ1v) is 5.84. The number of nitrogens with zero attached hydrogens (tertiary/aromatic N) is 1. The molecule has 2 aromatic rings. The van der Waals surface area contributed by atoms with E-state index >= 15 is 0 Å². The molecule has 0 radical (unpaired) electrons. The van der Waals surface area contributed by atoms with Gasteiger partial charge in [-0.2, -0.15) is 4.91 Å². The average molecular weight is 230 g/mol. The van der Waals surface area contributed by atoms with E-state index in [0.29, 0.717) is 0 Å². The molecule has 0 fully saturated rings. The Hall–Kier alpha value is -1.64. The fourth-order valence-electron chi connectivity index (χ4n) is 2.23. The molecular formula is C14H18N2O. The first-order chi connectivity index (χ1) is 7.93. The van der Waals surface area contributed by atoms with Gasteiger partial charge >= 0.3 is 0 Å². The number of aryl methyl sites for hydroxylation is 1. The maximum atomic E-state index is 10.6. The molecule has 0 unspecified atom stereocenters. The Bertz CT molecular complexity index is 561. The number of nitroso groups, excluding NO2 is 1. The van der Waals surface area contributed by atoms with Crippen LogP contribution in [0, 0.1) is 11.8 Å². The van der Waals surface area contributed by atoms with Gasteiger partial charge in [-0.3, -0.25) is 0 Å². The van der Waals surface area contributed by atoms with Gasteiger partial charge in [-0.1, -0.05) is 37.6 Å². The smallest absolute Gasteiger partial charge is 0.108 e. The predicted molar refractivity (Wildman–Crippen MR) is 71.2 cm³/mol. The van der Waals surface area contributed by atoms with Crippen molar-refractivity contribution in [3.05, 3.63) is 39.9 Å². The molecule has 0 aliphatic heterocycles. The number of benzene rings is 1. The number of hydrogen-bond donors (Lipinski definition) is 1. The zero-order valence-electron chi connectivity index (χ0n) is 10.8. The second-order valence-electron chi connectivity index (χ2n) is 5.56. The van der Waals surface area contributed by atoms with Crippen LogP contribution in [0.1, 0.15) is 37.6 Å². The summed E-state index contributed by atoms with van der Waals surface area (Å²) in [6.07, 6.45) is 0. The Morgan fingerprint density at radius 3 is 2.59 bits per heavy atom. The lowest BCUT2D eigenvalue weighted by Crippen LogP contribution is -2.13. The van der Waals surface area contributed by atoms with Crippen LogP contribution in [0.25, 0.3) is 10.9 Å². The fraction of sp³-hybridized carbons (Fsp3) is 0.429. The van der Waals surface area contributed by atoms with Crippen LogP contribution >= 0.6 is 0 Å². The molecular weight excluding hydrogens is 212 g/mol. The minimum absolute atomic E-state index is 0.00700. The molecule has 17 heavy (non-hydrogen) atoms. The second kappa shape index (κ2) is 3.99. The number of aromatic nitrogens is 1. The van der Waals surface area contributed by atoms with E-state index in [0.717, 1.165) is 22.2 Å². The van der Waals surface area contributed by atoms with Gasteiger partial charge in [-0.05, 0) is 19.1 Å². The van der Waals surface area contributed by atoms with E-state index in [-0.39, 0.29) is 12.0 Å². The molecule has 0 aliphatic rings. The molecule has 0 atom stereocenters. The Morgan fingerprint density at radius 1 is 1.29 bits per heavy atom. The number of rotatable bonds is 2. The van der Waals surface area contributed by atoms with Crippen molar-refractivity contribution in [2.45, 2.75) is 39.7 Å². The Morgan fingerprint density at radius 2 is 2.00 bits per heavy atom. The average Bonchev–Trinajstić information content (AvgIpc) is 2.57. The highest BCUT2D eigenvalue weighted by atomic mass is 16.3. The van der Waals surface area contributed by atoms with Crippen molar-refractivity contribution < 1.29 is 0 Å². The topological polar surface area (TPSA) is 45.2 Å². The van der Waals surface area contributed by atoms with E-state index in [1.807, 2.05) is 0 Å². The van der Waals surface area contributed by atoms with Gasteiger partial charge in [0.25, 0.3) is 0 Å². The van der Waals surface area contributed by atoms with E-state index in [4.69, 9.17) is 0 Å². The monoisotopic (exact) mass is 230 g/mol. The van der Waals surface area contributed by atoms with Gasteiger partial charge in [0.1, 0.15) is 6.54 Å². The summed E-state index contributed by atoms with van der Waals surface area (Å²) in [4.78, 5) is 14.0. The molecule has 0 bridgehead atoms. The summed E-state index contributed by atoms with van der Waals surface area (Å²) in [5.74, 6) is 0. The zero-order valence-corrected chi connectivity index (χ0v) is 10.8. The van der Waals surface area contributed by atoms with Crippen LogP contribution in [-0.4, -0.2) is 4.98 Å². The van der Waals surface area contributed by atoms with Crippen molar-refractivity contribution in [3.8, 4) is 0 Å². The quantitative estimate of drug-likeness (QED) is 0.777. The Labute approximate surface area is 101 Å². The van der Waals surface area contributed by atoms with Gasteiger partial charge in [-0.15, -0.1) is 0 Å². The normalized spacial score (nSPS) is 12.0. The van der Waals surface area contributed by atoms with E-state index < -0.39 is 0 Å². The number of nitrogens with one attached hydrogen (secondary N) is 1. The molecule has 3 nitrogen and oxygen atoms in total. The standard InChI is InChI=1S/C14H18N2O/c1-9-5-6-12-10(7-9)11(8-15-17)13(16-12)14(2,3)4/h5-7,16H,8H2,1-4H3. The van der Waals surface area contributed by atoms with Crippen LogP contribution in [0.15, 0.2) is 23.4 Å². The first kappa shape index (κ1) is 11.8. The summed E-state index contributed by atoms with van der Waals surface area (Å²) < 4.78 is 0. The minimum atomic E-state index is -0.00700. The van der Waals surface area contributed by atoms with Crippen LogP contribution in [0.5, 0.6) is 0 Å². The lowest BCUT2D eigenvalue weighted by molar-refractivity contribution is 0.567. The maximum absolute atomic E-state index is 10.6. The molecule has 0 aliphatic carbocycles. The highest BCUT2D eigenvalue weighted by Crippen LogP contribution is 2.32. The highest BCUT2D eigenvalue weighted by Gasteiger charge is 2.22. The van der Waals surface area contributed by atoms with Crippen LogP contribution in [0.4, 0.5) is 0 Å². The SMILES string of the molecule is Cc1ccc2[nH]c(C(C)(C)C)c(CN=O)c2c1. The van der Waals surface area contributed by atoms with Crippen molar-refractivity contribution >= 4 is 10.9 Å². The number of fused-ring (bicyclic) bond motifs is 1.